The summed E-state index contributed by atoms with van der Waals surface area (Å²) in [5.74, 6) is 1.66. The van der Waals surface area contributed by atoms with Crippen molar-refractivity contribution in [3.63, 3.8) is 0 Å². The number of imidazole rings is 1. The number of hydrogen-bond acceptors (Lipinski definition) is 2. The van der Waals surface area contributed by atoms with E-state index in [4.69, 9.17) is 4.98 Å². The fourth-order valence-corrected chi connectivity index (χ4v) is 3.92. The Bertz CT molecular complexity index is 928. The van der Waals surface area contributed by atoms with E-state index in [1.807, 2.05) is 19.2 Å². The molecular formula is C22H27N5. The highest BCUT2D eigenvalue weighted by molar-refractivity contribution is 5.80. The Balaban J connectivity index is 1.36. The summed E-state index contributed by atoms with van der Waals surface area (Å²) >= 11 is 0. The van der Waals surface area contributed by atoms with Crippen molar-refractivity contribution < 1.29 is 0 Å². The van der Waals surface area contributed by atoms with Gasteiger partial charge in [-0.25, -0.2) is 4.98 Å². The van der Waals surface area contributed by atoms with Crippen LogP contribution in [0.5, 0.6) is 0 Å². The van der Waals surface area contributed by atoms with Crippen LogP contribution in [0.2, 0.25) is 0 Å². The molecule has 2 aromatic heterocycles. The normalized spacial score (nSPS) is 17.6. The lowest BCUT2D eigenvalue weighted by Crippen LogP contribution is -2.39. The van der Waals surface area contributed by atoms with Gasteiger partial charge in [0.05, 0.1) is 12.2 Å². The van der Waals surface area contributed by atoms with Crippen LogP contribution in [-0.2, 0) is 13.0 Å². The quantitative estimate of drug-likeness (QED) is 0.573. The SMILES string of the molecule is CN=C(NCc1cn2c(C)cccc2n1)N1CCC(Cc2ccccc2)C1. The zero-order valence-corrected chi connectivity index (χ0v) is 16.1. The maximum atomic E-state index is 4.70. The summed E-state index contributed by atoms with van der Waals surface area (Å²) in [5, 5.41) is 3.49. The fraction of sp³-hybridized carbons (Fsp3) is 0.364. The molecule has 1 aliphatic heterocycles. The number of aromatic nitrogens is 2. The summed E-state index contributed by atoms with van der Waals surface area (Å²) < 4.78 is 2.13. The van der Waals surface area contributed by atoms with Crippen molar-refractivity contribution in [2.24, 2.45) is 10.9 Å². The van der Waals surface area contributed by atoms with Crippen molar-refractivity contribution in [2.75, 3.05) is 20.1 Å². The fourth-order valence-electron chi connectivity index (χ4n) is 3.92. The number of pyridine rings is 1. The van der Waals surface area contributed by atoms with Gasteiger partial charge in [0.2, 0.25) is 0 Å². The largest absolute Gasteiger partial charge is 0.351 e. The van der Waals surface area contributed by atoms with Crippen molar-refractivity contribution in [1.29, 1.82) is 0 Å². The molecule has 1 atom stereocenters. The molecule has 1 aliphatic rings. The molecule has 140 valence electrons. The molecule has 0 bridgehead atoms. The number of likely N-dealkylation sites (tertiary alicyclic amines) is 1. The van der Waals surface area contributed by atoms with E-state index in [2.05, 4.69) is 69.1 Å². The Morgan fingerprint density at radius 1 is 1.19 bits per heavy atom. The maximum absolute atomic E-state index is 4.70. The highest BCUT2D eigenvalue weighted by Crippen LogP contribution is 2.21. The average Bonchev–Trinajstić information content (AvgIpc) is 3.31. The molecule has 0 aliphatic carbocycles. The van der Waals surface area contributed by atoms with Gasteiger partial charge in [0, 0.05) is 32.0 Å². The van der Waals surface area contributed by atoms with Gasteiger partial charge in [0.15, 0.2) is 5.96 Å². The highest BCUT2D eigenvalue weighted by Gasteiger charge is 2.25. The van der Waals surface area contributed by atoms with Crippen molar-refractivity contribution >= 4 is 11.6 Å². The van der Waals surface area contributed by atoms with E-state index in [-0.39, 0.29) is 0 Å². The number of benzene rings is 1. The zero-order valence-electron chi connectivity index (χ0n) is 16.1. The van der Waals surface area contributed by atoms with Crippen molar-refractivity contribution in [2.45, 2.75) is 26.3 Å². The van der Waals surface area contributed by atoms with Gasteiger partial charge < -0.3 is 14.6 Å². The molecule has 5 heteroatoms. The van der Waals surface area contributed by atoms with E-state index in [1.165, 1.54) is 17.7 Å². The second kappa shape index (κ2) is 7.82. The summed E-state index contributed by atoms with van der Waals surface area (Å²) in [7, 11) is 1.86. The minimum Gasteiger partial charge on any atom is -0.351 e. The maximum Gasteiger partial charge on any atom is 0.193 e. The third-order valence-corrected chi connectivity index (χ3v) is 5.34. The average molecular weight is 361 g/mol. The van der Waals surface area contributed by atoms with E-state index >= 15 is 0 Å². The molecule has 1 unspecified atom stereocenters. The smallest absolute Gasteiger partial charge is 0.193 e. The predicted octanol–water partition coefficient (Wildman–Crippen LogP) is 3.28. The lowest BCUT2D eigenvalue weighted by molar-refractivity contribution is 0.459. The van der Waals surface area contributed by atoms with Crippen LogP contribution >= 0.6 is 0 Å². The number of nitrogens with one attached hydrogen (secondary N) is 1. The molecule has 0 amide bonds. The van der Waals surface area contributed by atoms with E-state index in [0.29, 0.717) is 12.5 Å². The van der Waals surface area contributed by atoms with Crippen LogP contribution in [0.1, 0.15) is 23.4 Å². The third kappa shape index (κ3) is 3.97. The van der Waals surface area contributed by atoms with Crippen molar-refractivity contribution in [3.05, 3.63) is 71.7 Å². The van der Waals surface area contributed by atoms with Gasteiger partial charge in [-0.2, -0.15) is 0 Å². The number of hydrogen-bond donors (Lipinski definition) is 1. The molecule has 0 saturated carbocycles. The lowest BCUT2D eigenvalue weighted by atomic mass is 9.99. The van der Waals surface area contributed by atoms with Gasteiger partial charge in [-0.1, -0.05) is 36.4 Å². The second-order valence-corrected chi connectivity index (χ2v) is 7.32. The molecule has 0 spiro atoms. The van der Waals surface area contributed by atoms with Crippen LogP contribution in [0.3, 0.4) is 0 Å². The van der Waals surface area contributed by atoms with E-state index < -0.39 is 0 Å². The van der Waals surface area contributed by atoms with Crippen LogP contribution in [0.4, 0.5) is 0 Å². The molecular weight excluding hydrogens is 334 g/mol. The van der Waals surface area contributed by atoms with Crippen molar-refractivity contribution in [3.8, 4) is 0 Å². The summed E-state index contributed by atoms with van der Waals surface area (Å²) in [6.45, 7) is 4.90. The van der Waals surface area contributed by atoms with Gasteiger partial charge in [0.25, 0.3) is 0 Å². The molecule has 3 aromatic rings. The summed E-state index contributed by atoms with van der Waals surface area (Å²) in [6.07, 6.45) is 4.45. The molecule has 1 N–H and O–H groups in total. The third-order valence-electron chi connectivity index (χ3n) is 5.34. The molecule has 5 nitrogen and oxygen atoms in total. The van der Waals surface area contributed by atoms with Crippen LogP contribution in [0, 0.1) is 12.8 Å². The van der Waals surface area contributed by atoms with Gasteiger partial charge >= 0.3 is 0 Å². The van der Waals surface area contributed by atoms with Gasteiger partial charge in [-0.05, 0) is 43.4 Å². The van der Waals surface area contributed by atoms with Gasteiger partial charge in [0.1, 0.15) is 5.65 Å². The Hall–Kier alpha value is -2.82. The van der Waals surface area contributed by atoms with Crippen molar-refractivity contribution in [1.82, 2.24) is 19.6 Å². The number of aliphatic imine (C=N–C) groups is 1. The number of rotatable bonds is 4. The first-order valence-electron chi connectivity index (χ1n) is 9.66. The van der Waals surface area contributed by atoms with Crippen LogP contribution in [0.15, 0.2) is 59.7 Å². The molecule has 0 radical (unpaired) electrons. The van der Waals surface area contributed by atoms with Gasteiger partial charge in [-0.3, -0.25) is 4.99 Å². The summed E-state index contributed by atoms with van der Waals surface area (Å²) in [6, 6.07) is 17.0. The molecule has 3 heterocycles. The van der Waals surface area contributed by atoms with Crippen LogP contribution < -0.4 is 5.32 Å². The monoisotopic (exact) mass is 361 g/mol. The molecule has 27 heavy (non-hydrogen) atoms. The van der Waals surface area contributed by atoms with Crippen LogP contribution in [0.25, 0.3) is 5.65 Å². The first kappa shape index (κ1) is 17.6. The summed E-state index contributed by atoms with van der Waals surface area (Å²) in [4.78, 5) is 11.6. The van der Waals surface area contributed by atoms with E-state index in [1.54, 1.807) is 0 Å². The number of guanidine groups is 1. The second-order valence-electron chi connectivity index (χ2n) is 7.32. The molecule has 1 saturated heterocycles. The zero-order chi connectivity index (χ0) is 18.6. The molecule has 1 aromatic carbocycles. The molecule has 1 fully saturated rings. The van der Waals surface area contributed by atoms with E-state index in [9.17, 15) is 0 Å². The number of fused-ring (bicyclic) bond motifs is 1. The Kier molecular flexibility index (Phi) is 5.10. The Morgan fingerprint density at radius 2 is 2.04 bits per heavy atom. The Labute approximate surface area is 160 Å². The predicted molar refractivity (Wildman–Crippen MR) is 110 cm³/mol. The number of aryl methyl sites for hydroxylation is 1. The first-order chi connectivity index (χ1) is 13.2. The minimum atomic E-state index is 0.684. The topological polar surface area (TPSA) is 44.9 Å². The standard InChI is InChI=1S/C22H27N5/c1-17-7-6-10-21-25-20(16-27(17)21)14-24-22(23-2)26-12-11-19(15-26)13-18-8-4-3-5-9-18/h3-10,16,19H,11-15H2,1-2H3,(H,23,24). The first-order valence-corrected chi connectivity index (χ1v) is 9.66. The minimum absolute atomic E-state index is 0.684. The molecule has 4 rings (SSSR count). The lowest BCUT2D eigenvalue weighted by Gasteiger charge is -2.21. The van der Waals surface area contributed by atoms with Crippen LogP contribution in [-0.4, -0.2) is 40.4 Å². The highest BCUT2D eigenvalue weighted by atomic mass is 15.3. The summed E-state index contributed by atoms with van der Waals surface area (Å²) in [5.41, 5.74) is 4.64. The Morgan fingerprint density at radius 3 is 2.81 bits per heavy atom. The van der Waals surface area contributed by atoms with E-state index in [0.717, 1.165) is 36.8 Å². The number of nitrogens with zero attached hydrogens (tertiary/aromatic N) is 4. The van der Waals surface area contributed by atoms with Gasteiger partial charge in [-0.15, -0.1) is 0 Å².